The average Bonchev–Trinajstić information content (AvgIpc) is 3.91. The molecule has 0 saturated heterocycles. The Kier molecular flexibility index (Phi) is 12.3. The molecule has 1 saturated carbocycles. The maximum absolute atomic E-state index is 13.8. The van der Waals surface area contributed by atoms with Crippen molar-refractivity contribution in [1.82, 2.24) is 25.6 Å². The molecule has 0 bridgehead atoms. The van der Waals surface area contributed by atoms with Crippen molar-refractivity contribution in [2.75, 3.05) is 23.8 Å². The first-order valence-electron chi connectivity index (χ1n) is 16.3. The number of nitrogens with one attached hydrogen (secondary N) is 4. The van der Waals surface area contributed by atoms with Crippen LogP contribution in [0, 0.1) is 11.6 Å². The Labute approximate surface area is 308 Å². The van der Waals surface area contributed by atoms with Gasteiger partial charge >= 0.3 is 18.2 Å². The quantitative estimate of drug-likeness (QED) is 0.0676. The molecule has 284 valence electrons. The fraction of sp³-hybridized carbons (Fsp3) is 0.286. The summed E-state index contributed by atoms with van der Waals surface area (Å²) in [4.78, 5) is 61.2. The summed E-state index contributed by atoms with van der Waals surface area (Å²) >= 11 is 6.01. The molecule has 5 N–H and O–H groups in total. The van der Waals surface area contributed by atoms with Gasteiger partial charge in [-0.2, -0.15) is 28.1 Å². The molecule has 1 atom stereocenters. The molecule has 19 heteroatoms. The first-order valence-corrected chi connectivity index (χ1v) is 16.6. The number of aryl methyl sites for hydroxylation is 1. The first kappa shape index (κ1) is 39.3. The lowest BCUT2D eigenvalue weighted by molar-refractivity contribution is -0.154. The normalized spacial score (nSPS) is 13.7. The van der Waals surface area contributed by atoms with E-state index < -0.39 is 72.0 Å². The number of carboxylic acid groups (broad SMARTS) is 1. The van der Waals surface area contributed by atoms with E-state index in [9.17, 15) is 46.2 Å². The molecule has 13 nitrogen and oxygen atoms in total. The largest absolute Gasteiger partial charge is 0.480 e. The highest BCUT2D eigenvalue weighted by Gasteiger charge is 2.45. The lowest BCUT2D eigenvalue weighted by atomic mass is 10.1. The Balaban J connectivity index is 1.17. The minimum atomic E-state index is -4.66. The molecule has 1 heterocycles. The Bertz CT molecular complexity index is 2020. The van der Waals surface area contributed by atoms with E-state index in [1.165, 1.54) is 36.4 Å². The van der Waals surface area contributed by atoms with E-state index in [1.54, 1.807) is 12.1 Å². The summed E-state index contributed by atoms with van der Waals surface area (Å²) in [6.45, 7) is -1.96. The first-order chi connectivity index (χ1) is 25.6. The molecule has 0 spiro atoms. The average molecular weight is 776 g/mol. The third-order valence-corrected chi connectivity index (χ3v) is 8.36. The van der Waals surface area contributed by atoms with Crippen LogP contribution in [0.25, 0.3) is 0 Å². The van der Waals surface area contributed by atoms with Gasteiger partial charge in [-0.1, -0.05) is 35.9 Å². The van der Waals surface area contributed by atoms with Crippen molar-refractivity contribution >= 4 is 52.8 Å². The number of alkyl halides is 3. The minimum Gasteiger partial charge on any atom is -0.480 e. The minimum absolute atomic E-state index is 0.0291. The van der Waals surface area contributed by atoms with Crippen LogP contribution in [0.5, 0.6) is 6.01 Å². The molecule has 54 heavy (non-hydrogen) atoms. The van der Waals surface area contributed by atoms with E-state index in [1.807, 2.05) is 12.1 Å². The summed E-state index contributed by atoms with van der Waals surface area (Å²) in [7, 11) is 0. The second-order valence-corrected chi connectivity index (χ2v) is 12.6. The van der Waals surface area contributed by atoms with E-state index in [2.05, 4.69) is 36.2 Å². The number of carbonyl (C=O) groups is 4. The highest BCUT2D eigenvalue weighted by Crippen LogP contribution is 2.48. The van der Waals surface area contributed by atoms with Gasteiger partial charge in [0.2, 0.25) is 17.7 Å². The third kappa shape index (κ3) is 10.8. The van der Waals surface area contributed by atoms with Crippen molar-refractivity contribution in [3.05, 3.63) is 100 Å². The molecule has 1 aliphatic rings. The van der Waals surface area contributed by atoms with Crippen LogP contribution in [0.2, 0.25) is 5.02 Å². The van der Waals surface area contributed by atoms with Crippen LogP contribution >= 0.6 is 11.6 Å². The van der Waals surface area contributed by atoms with Gasteiger partial charge in [0.1, 0.15) is 6.04 Å². The highest BCUT2D eigenvalue weighted by molar-refractivity contribution is 6.36. The molecule has 1 fully saturated rings. The molecule has 0 radical (unpaired) electrons. The number of amides is 2. The second-order valence-electron chi connectivity index (χ2n) is 12.1. The van der Waals surface area contributed by atoms with Crippen LogP contribution in [0.1, 0.15) is 47.2 Å². The summed E-state index contributed by atoms with van der Waals surface area (Å²) in [5.41, 5.74) is 0.533. The fourth-order valence-electron chi connectivity index (χ4n) is 5.14. The highest BCUT2D eigenvalue weighted by atomic mass is 35.5. The summed E-state index contributed by atoms with van der Waals surface area (Å²) in [5.74, 6) is -6.65. The summed E-state index contributed by atoms with van der Waals surface area (Å²) < 4.78 is 70.7. The van der Waals surface area contributed by atoms with E-state index in [0.29, 0.717) is 23.6 Å². The number of hydrogen-bond donors (Lipinski definition) is 5. The van der Waals surface area contributed by atoms with Gasteiger partial charge in [0, 0.05) is 29.2 Å². The van der Waals surface area contributed by atoms with Crippen LogP contribution in [0.15, 0.2) is 66.7 Å². The van der Waals surface area contributed by atoms with Crippen molar-refractivity contribution in [3.8, 4) is 6.01 Å². The number of carboxylic acids is 1. The number of ketones is 1. The molecular formula is C35H31ClF5N7O6. The van der Waals surface area contributed by atoms with Gasteiger partial charge in [-0.3, -0.25) is 14.4 Å². The van der Waals surface area contributed by atoms with Gasteiger partial charge in [0.15, 0.2) is 18.2 Å². The summed E-state index contributed by atoms with van der Waals surface area (Å²) in [5, 5.41) is 20.7. The number of benzene rings is 3. The predicted molar refractivity (Wildman–Crippen MR) is 183 cm³/mol. The number of Topliss-reactive ketones (excluding diaryl/α,β-unsaturated/α-hetero) is 1. The second kappa shape index (κ2) is 16.8. The predicted octanol–water partition coefficient (Wildman–Crippen LogP) is 5.48. The van der Waals surface area contributed by atoms with Crippen molar-refractivity contribution in [1.29, 1.82) is 0 Å². The zero-order valence-electron chi connectivity index (χ0n) is 28.0. The van der Waals surface area contributed by atoms with Gasteiger partial charge in [0.25, 0.3) is 11.8 Å². The topological polar surface area (TPSA) is 185 Å². The Hall–Kier alpha value is -5.91. The van der Waals surface area contributed by atoms with Crippen molar-refractivity contribution < 1.29 is 51.0 Å². The number of ether oxygens (including phenoxy) is 1. The van der Waals surface area contributed by atoms with Crippen LogP contribution in [-0.2, 0) is 26.3 Å². The van der Waals surface area contributed by atoms with E-state index in [4.69, 9.17) is 16.3 Å². The molecule has 1 aromatic heterocycles. The number of rotatable bonds is 17. The Morgan fingerprint density at radius 2 is 1.61 bits per heavy atom. The maximum atomic E-state index is 13.8. The molecule has 4 aromatic rings. The van der Waals surface area contributed by atoms with Crippen LogP contribution < -0.4 is 26.0 Å². The SMILES string of the molecule is O=C(CCc1cccc(F)c1F)C(=O)NCC[C@H](NC(=O)c1ccc(Nc2nc(NC3(c4ccc(Cl)cc4)CC3)nc(OCC(F)(F)F)n2)cc1)C(=O)O. The number of anilines is 3. The zero-order valence-corrected chi connectivity index (χ0v) is 28.7. The molecule has 0 unspecified atom stereocenters. The maximum Gasteiger partial charge on any atom is 0.422 e. The van der Waals surface area contributed by atoms with Crippen LogP contribution in [-0.4, -0.2) is 69.0 Å². The zero-order chi connectivity index (χ0) is 39.0. The molecule has 3 aromatic carbocycles. The summed E-state index contributed by atoms with van der Waals surface area (Å²) in [6.07, 6.45) is -4.23. The van der Waals surface area contributed by atoms with Gasteiger partial charge in [-0.25, -0.2) is 13.6 Å². The van der Waals surface area contributed by atoms with Crippen molar-refractivity contribution in [2.45, 2.75) is 49.9 Å². The number of carbonyl (C=O) groups excluding carboxylic acids is 3. The van der Waals surface area contributed by atoms with Gasteiger partial charge < -0.3 is 31.1 Å². The smallest absolute Gasteiger partial charge is 0.422 e. The molecule has 5 rings (SSSR count). The third-order valence-electron chi connectivity index (χ3n) is 8.11. The van der Waals surface area contributed by atoms with E-state index in [-0.39, 0.29) is 42.4 Å². The Morgan fingerprint density at radius 1 is 0.926 bits per heavy atom. The molecular weight excluding hydrogens is 745 g/mol. The number of aromatic nitrogens is 3. The molecule has 2 amide bonds. The lowest BCUT2D eigenvalue weighted by Gasteiger charge is -2.19. The van der Waals surface area contributed by atoms with Crippen LogP contribution in [0.3, 0.4) is 0 Å². The van der Waals surface area contributed by atoms with Crippen molar-refractivity contribution in [2.24, 2.45) is 0 Å². The number of hydrogen-bond acceptors (Lipinski definition) is 10. The van der Waals surface area contributed by atoms with E-state index in [0.717, 1.165) is 11.6 Å². The Morgan fingerprint density at radius 3 is 2.26 bits per heavy atom. The molecule has 1 aliphatic carbocycles. The summed E-state index contributed by atoms with van der Waals surface area (Å²) in [6, 6.07) is 13.9. The monoisotopic (exact) mass is 775 g/mol. The standard InChI is InChI=1S/C35H31ClF5N7O6/c36-22-9-7-21(8-10-22)34(15-16-34)48-32-45-31(46-33(47-32)54-18-35(39,40)41)43-23-11-4-20(5-12-23)28(50)44-25(30(52)53)14-17-42-29(51)26(49)13-6-19-2-1-3-24(37)27(19)38/h1-5,7-12,25H,6,13-18H2,(H,42,51)(H,44,50)(H,52,53)(H2,43,45,46,47,48)/t25-/m0/s1. The number of aliphatic carboxylic acids is 1. The van der Waals surface area contributed by atoms with Gasteiger partial charge in [-0.15, -0.1) is 0 Å². The fourth-order valence-corrected chi connectivity index (χ4v) is 5.26. The van der Waals surface area contributed by atoms with Crippen molar-refractivity contribution in [3.63, 3.8) is 0 Å². The number of nitrogens with zero attached hydrogens (tertiary/aromatic N) is 3. The van der Waals surface area contributed by atoms with Crippen LogP contribution in [0.4, 0.5) is 39.5 Å². The lowest BCUT2D eigenvalue weighted by Crippen LogP contribution is -2.43. The van der Waals surface area contributed by atoms with Gasteiger partial charge in [0.05, 0.1) is 5.54 Å². The van der Waals surface area contributed by atoms with Gasteiger partial charge in [-0.05, 0) is 79.3 Å². The molecule has 0 aliphatic heterocycles. The van der Waals surface area contributed by atoms with E-state index >= 15 is 0 Å². The number of halogens is 6.